The molecule has 0 atom stereocenters. The first kappa shape index (κ1) is 5.53. The highest BCUT2D eigenvalue weighted by atomic mass is 16.5. The normalized spacial score (nSPS) is 22.6. The first-order chi connectivity index (χ1) is 3.70. The molecule has 0 aromatic heterocycles. The number of hydrogen-bond donors (Lipinski definition) is 2. The Labute approximate surface area is 46.3 Å². The fraction of sp³-hybridized carbons (Fsp3) is 0.750. The smallest absolute Gasteiger partial charge is 0.309 e. The van der Waals surface area contributed by atoms with Crippen LogP contribution in [-0.2, 0) is 4.79 Å². The second-order valence-electron chi connectivity index (χ2n) is 1.91. The molecule has 0 amide bonds. The summed E-state index contributed by atoms with van der Waals surface area (Å²) in [4.78, 5) is 9.99. The van der Waals surface area contributed by atoms with Crippen LogP contribution in [0.25, 0.3) is 0 Å². The third kappa shape index (κ3) is 0.801. The molecule has 1 fully saturated rings. The number of rotatable bonds is 1. The quantitative estimate of drug-likeness (QED) is 0.481. The van der Waals surface area contributed by atoms with Crippen LogP contribution in [0, 0.1) is 5.92 Å². The van der Waals surface area contributed by atoms with Crippen LogP contribution in [-0.4, -0.2) is 34.4 Å². The van der Waals surface area contributed by atoms with E-state index < -0.39 is 5.97 Å². The largest absolute Gasteiger partial charge is 0.481 e. The van der Waals surface area contributed by atoms with Crippen molar-refractivity contribution < 1.29 is 15.1 Å². The maximum absolute atomic E-state index is 9.99. The fourth-order valence-electron chi connectivity index (χ4n) is 0.612. The zero-order chi connectivity index (χ0) is 6.15. The number of hydrogen-bond acceptors (Lipinski definition) is 3. The molecule has 0 aliphatic carbocycles. The lowest BCUT2D eigenvalue weighted by atomic mass is 10.0. The summed E-state index contributed by atoms with van der Waals surface area (Å²) in [5.74, 6) is -1.17. The van der Waals surface area contributed by atoms with Gasteiger partial charge in [0.05, 0.1) is 5.92 Å². The molecule has 0 aromatic carbocycles. The number of carbonyl (C=O) groups is 1. The van der Waals surface area contributed by atoms with E-state index in [0.29, 0.717) is 0 Å². The number of aliphatic carboxylic acids is 1. The van der Waals surface area contributed by atoms with Crippen molar-refractivity contribution in [2.45, 2.75) is 0 Å². The monoisotopic (exact) mass is 117 g/mol. The summed E-state index contributed by atoms with van der Waals surface area (Å²) in [5.41, 5.74) is 0. The van der Waals surface area contributed by atoms with Gasteiger partial charge in [-0.2, -0.15) is 5.06 Å². The van der Waals surface area contributed by atoms with Crippen molar-refractivity contribution in [3.63, 3.8) is 0 Å². The third-order valence-corrected chi connectivity index (χ3v) is 1.21. The Morgan fingerprint density at radius 2 is 2.12 bits per heavy atom. The lowest BCUT2D eigenvalue weighted by Crippen LogP contribution is -2.48. The average molecular weight is 117 g/mol. The number of carboxylic acids is 1. The zero-order valence-electron chi connectivity index (χ0n) is 4.24. The van der Waals surface area contributed by atoms with Crippen LogP contribution < -0.4 is 0 Å². The molecule has 0 aromatic rings. The molecule has 4 heteroatoms. The van der Waals surface area contributed by atoms with Gasteiger partial charge in [0.15, 0.2) is 0 Å². The van der Waals surface area contributed by atoms with Gasteiger partial charge in [0.1, 0.15) is 0 Å². The number of nitrogens with zero attached hydrogens (tertiary/aromatic N) is 1. The summed E-state index contributed by atoms with van der Waals surface area (Å²) in [5, 5.41) is 17.6. The van der Waals surface area contributed by atoms with Crippen molar-refractivity contribution in [2.75, 3.05) is 13.1 Å². The summed E-state index contributed by atoms with van der Waals surface area (Å²) in [6.45, 7) is 0.546. The number of hydroxylamine groups is 2. The van der Waals surface area contributed by atoms with Gasteiger partial charge < -0.3 is 10.3 Å². The Kier molecular flexibility index (Phi) is 1.19. The minimum Gasteiger partial charge on any atom is -0.481 e. The van der Waals surface area contributed by atoms with Gasteiger partial charge in [-0.3, -0.25) is 4.79 Å². The van der Waals surface area contributed by atoms with Crippen LogP contribution in [0.15, 0.2) is 0 Å². The van der Waals surface area contributed by atoms with Gasteiger partial charge in [0, 0.05) is 13.1 Å². The van der Waals surface area contributed by atoms with Crippen molar-refractivity contribution in [3.8, 4) is 0 Å². The predicted molar refractivity (Wildman–Crippen MR) is 24.5 cm³/mol. The van der Waals surface area contributed by atoms with Crippen molar-refractivity contribution >= 4 is 5.97 Å². The molecule has 0 radical (unpaired) electrons. The summed E-state index contributed by atoms with van der Waals surface area (Å²) in [6.07, 6.45) is 0. The fourth-order valence-corrected chi connectivity index (χ4v) is 0.612. The van der Waals surface area contributed by atoms with Crippen LogP contribution in [0.1, 0.15) is 0 Å². The Hall–Kier alpha value is -0.610. The van der Waals surface area contributed by atoms with Crippen LogP contribution in [0.5, 0.6) is 0 Å². The van der Waals surface area contributed by atoms with Gasteiger partial charge in [-0.05, 0) is 0 Å². The number of carboxylic acid groups (broad SMARTS) is 1. The van der Waals surface area contributed by atoms with Gasteiger partial charge in [-0.25, -0.2) is 0 Å². The van der Waals surface area contributed by atoms with Gasteiger partial charge in [0.25, 0.3) is 0 Å². The molecule has 1 aliphatic heterocycles. The molecule has 1 saturated heterocycles. The molecule has 4 nitrogen and oxygen atoms in total. The van der Waals surface area contributed by atoms with Crippen molar-refractivity contribution in [2.24, 2.45) is 5.92 Å². The molecule has 0 unspecified atom stereocenters. The molecule has 0 bridgehead atoms. The molecular formula is C4H7NO3. The first-order valence-corrected chi connectivity index (χ1v) is 2.37. The predicted octanol–water partition coefficient (Wildman–Crippen LogP) is -0.608. The van der Waals surface area contributed by atoms with E-state index in [1.807, 2.05) is 0 Å². The van der Waals surface area contributed by atoms with E-state index in [2.05, 4.69) is 0 Å². The second-order valence-corrected chi connectivity index (χ2v) is 1.91. The molecule has 0 saturated carbocycles. The van der Waals surface area contributed by atoms with Gasteiger partial charge in [-0.1, -0.05) is 0 Å². The summed E-state index contributed by atoms with van der Waals surface area (Å²) < 4.78 is 0. The lowest BCUT2D eigenvalue weighted by Gasteiger charge is -2.30. The maximum atomic E-state index is 9.99. The van der Waals surface area contributed by atoms with E-state index in [-0.39, 0.29) is 19.0 Å². The third-order valence-electron chi connectivity index (χ3n) is 1.21. The van der Waals surface area contributed by atoms with E-state index in [0.717, 1.165) is 5.06 Å². The van der Waals surface area contributed by atoms with Crippen LogP contribution >= 0.6 is 0 Å². The molecule has 2 N–H and O–H groups in total. The molecular weight excluding hydrogens is 110 g/mol. The van der Waals surface area contributed by atoms with Crippen LogP contribution in [0.2, 0.25) is 0 Å². The van der Waals surface area contributed by atoms with E-state index >= 15 is 0 Å². The van der Waals surface area contributed by atoms with Gasteiger partial charge in [-0.15, -0.1) is 0 Å². The van der Waals surface area contributed by atoms with E-state index in [9.17, 15) is 4.79 Å². The van der Waals surface area contributed by atoms with E-state index in [1.165, 1.54) is 0 Å². The Morgan fingerprint density at radius 1 is 1.62 bits per heavy atom. The first-order valence-electron chi connectivity index (χ1n) is 2.37. The summed E-state index contributed by atoms with van der Waals surface area (Å²) in [6, 6.07) is 0. The van der Waals surface area contributed by atoms with Crippen molar-refractivity contribution in [3.05, 3.63) is 0 Å². The average Bonchev–Trinajstić information content (AvgIpc) is 1.57. The molecule has 46 valence electrons. The second kappa shape index (κ2) is 1.72. The Bertz CT molecular complexity index is 108. The van der Waals surface area contributed by atoms with E-state index in [4.69, 9.17) is 10.3 Å². The topological polar surface area (TPSA) is 60.8 Å². The SMILES string of the molecule is O=C(O)C1CN(O)C1. The Balaban J connectivity index is 2.25. The highest BCUT2D eigenvalue weighted by Gasteiger charge is 2.31. The molecule has 8 heavy (non-hydrogen) atoms. The highest BCUT2D eigenvalue weighted by Crippen LogP contribution is 2.11. The molecule has 1 heterocycles. The minimum atomic E-state index is -0.824. The van der Waals surface area contributed by atoms with Crippen LogP contribution in [0.3, 0.4) is 0 Å². The lowest BCUT2D eigenvalue weighted by molar-refractivity contribution is -0.187. The molecule has 1 aliphatic rings. The highest BCUT2D eigenvalue weighted by molar-refractivity contribution is 5.71. The molecule has 0 spiro atoms. The van der Waals surface area contributed by atoms with Crippen molar-refractivity contribution in [1.29, 1.82) is 0 Å². The molecule has 1 rings (SSSR count). The van der Waals surface area contributed by atoms with Gasteiger partial charge in [0.2, 0.25) is 0 Å². The minimum absolute atomic E-state index is 0.273. The van der Waals surface area contributed by atoms with Gasteiger partial charge >= 0.3 is 5.97 Å². The summed E-state index contributed by atoms with van der Waals surface area (Å²) >= 11 is 0. The van der Waals surface area contributed by atoms with Crippen molar-refractivity contribution in [1.82, 2.24) is 5.06 Å². The zero-order valence-corrected chi connectivity index (χ0v) is 4.24. The van der Waals surface area contributed by atoms with Crippen LogP contribution in [0.4, 0.5) is 0 Å². The summed E-state index contributed by atoms with van der Waals surface area (Å²) in [7, 11) is 0. The standard InChI is InChI=1S/C4H7NO3/c6-4(7)3-1-5(8)2-3/h3,8H,1-2H2,(H,6,7). The maximum Gasteiger partial charge on any atom is 0.309 e. The van der Waals surface area contributed by atoms with E-state index in [1.54, 1.807) is 0 Å². The Morgan fingerprint density at radius 3 is 2.25 bits per heavy atom.